The van der Waals surface area contributed by atoms with Crippen LogP contribution in [0.2, 0.25) is 0 Å². The van der Waals surface area contributed by atoms with Gasteiger partial charge in [0.1, 0.15) is 0 Å². The zero-order chi connectivity index (χ0) is 25.5. The van der Waals surface area contributed by atoms with Gasteiger partial charge in [-0.25, -0.2) is 0 Å². The average Bonchev–Trinajstić information content (AvgIpc) is 3.13. The van der Waals surface area contributed by atoms with Crippen LogP contribution in [0.5, 0.6) is 0 Å². The minimum atomic E-state index is -0.295. The first-order valence-corrected chi connectivity index (χ1v) is 15.8. The summed E-state index contributed by atoms with van der Waals surface area (Å²) in [5.74, 6) is -0.295. The van der Waals surface area contributed by atoms with E-state index in [4.69, 9.17) is 9.47 Å². The van der Waals surface area contributed by atoms with E-state index in [9.17, 15) is 0 Å². The van der Waals surface area contributed by atoms with Crippen molar-refractivity contribution < 1.29 is 9.47 Å². The van der Waals surface area contributed by atoms with Gasteiger partial charge in [-0.1, -0.05) is 122 Å². The van der Waals surface area contributed by atoms with Crippen molar-refractivity contribution in [2.75, 3.05) is 0 Å². The Balaban J connectivity index is 2.06. The molecule has 0 aromatic carbocycles. The predicted octanol–water partition coefficient (Wildman–Crippen LogP) is 11.2. The van der Waals surface area contributed by atoms with Crippen molar-refractivity contribution in [1.29, 1.82) is 0 Å². The maximum Gasteiger partial charge on any atom is 0.169 e. The van der Waals surface area contributed by atoms with Gasteiger partial charge in [0.15, 0.2) is 5.79 Å². The summed E-state index contributed by atoms with van der Waals surface area (Å²) in [5.41, 5.74) is 0. The van der Waals surface area contributed by atoms with E-state index >= 15 is 0 Å². The highest BCUT2D eigenvalue weighted by Crippen LogP contribution is 2.37. The van der Waals surface area contributed by atoms with Crippen molar-refractivity contribution in [2.24, 2.45) is 0 Å². The molecular weight excluding hydrogens is 428 g/mol. The monoisotopic (exact) mass is 490 g/mol. The third kappa shape index (κ3) is 17.5. The van der Waals surface area contributed by atoms with Crippen LogP contribution in [0.1, 0.15) is 169 Å². The second kappa shape index (κ2) is 22.6. The molecule has 206 valence electrons. The Morgan fingerprint density at radius 3 is 1.34 bits per heavy atom. The highest BCUT2D eigenvalue weighted by molar-refractivity contribution is 4.92. The molecule has 2 heteroatoms. The smallest absolute Gasteiger partial charge is 0.169 e. The van der Waals surface area contributed by atoms with Crippen LogP contribution in [0.3, 0.4) is 0 Å². The van der Waals surface area contributed by atoms with Gasteiger partial charge in [-0.05, 0) is 58.8 Å². The van der Waals surface area contributed by atoms with Crippen molar-refractivity contribution in [1.82, 2.24) is 0 Å². The van der Waals surface area contributed by atoms with Crippen LogP contribution in [0.4, 0.5) is 0 Å². The lowest BCUT2D eigenvalue weighted by Gasteiger charge is -2.28. The topological polar surface area (TPSA) is 18.5 Å². The van der Waals surface area contributed by atoms with Gasteiger partial charge >= 0.3 is 0 Å². The second-order valence-corrected chi connectivity index (χ2v) is 11.1. The number of hydrogen-bond acceptors (Lipinski definition) is 2. The molecule has 1 rings (SSSR count). The molecule has 0 aliphatic carbocycles. The van der Waals surface area contributed by atoms with Crippen molar-refractivity contribution in [3.05, 3.63) is 24.3 Å². The molecule has 0 radical (unpaired) electrons. The van der Waals surface area contributed by atoms with Crippen molar-refractivity contribution in [3.8, 4) is 0 Å². The molecule has 0 N–H and O–H groups in total. The molecule has 1 aliphatic heterocycles. The normalized spacial score (nSPS) is 22.7. The molecule has 35 heavy (non-hydrogen) atoms. The van der Waals surface area contributed by atoms with Crippen LogP contribution in [0.15, 0.2) is 24.3 Å². The highest BCUT2D eigenvalue weighted by Gasteiger charge is 2.42. The molecule has 1 heterocycles. The van der Waals surface area contributed by atoms with Crippen LogP contribution in [-0.2, 0) is 9.47 Å². The van der Waals surface area contributed by atoms with E-state index in [1.165, 1.54) is 122 Å². The summed E-state index contributed by atoms with van der Waals surface area (Å²) in [6.07, 6.45) is 38.5. The molecule has 1 saturated heterocycles. The minimum Gasteiger partial charge on any atom is -0.344 e. The van der Waals surface area contributed by atoms with E-state index in [2.05, 4.69) is 52.0 Å². The second-order valence-electron chi connectivity index (χ2n) is 11.1. The summed E-state index contributed by atoms with van der Waals surface area (Å²) in [6.45, 7) is 8.91. The number of ether oxygens (including phenoxy) is 2. The maximum atomic E-state index is 6.41. The summed E-state index contributed by atoms with van der Waals surface area (Å²) in [5, 5.41) is 0. The zero-order valence-corrected chi connectivity index (χ0v) is 24.3. The largest absolute Gasteiger partial charge is 0.344 e. The molecule has 0 spiro atoms. The van der Waals surface area contributed by atoms with E-state index < -0.39 is 0 Å². The lowest BCUT2D eigenvalue weighted by molar-refractivity contribution is -0.184. The van der Waals surface area contributed by atoms with Gasteiger partial charge in [-0.2, -0.15) is 0 Å². The van der Waals surface area contributed by atoms with Gasteiger partial charge in [0, 0.05) is 12.8 Å². The van der Waals surface area contributed by atoms with E-state index in [0.717, 1.165) is 19.3 Å². The van der Waals surface area contributed by atoms with Crippen molar-refractivity contribution in [2.45, 2.75) is 187 Å². The molecule has 1 fully saturated rings. The molecule has 2 unspecified atom stereocenters. The average molecular weight is 491 g/mol. The number of hydrogen-bond donors (Lipinski definition) is 0. The van der Waals surface area contributed by atoms with Crippen molar-refractivity contribution >= 4 is 0 Å². The van der Waals surface area contributed by atoms with Crippen LogP contribution in [0, 0.1) is 0 Å². The maximum absolute atomic E-state index is 6.41. The number of rotatable bonds is 24. The van der Waals surface area contributed by atoms with Crippen LogP contribution >= 0.6 is 0 Å². The Bertz CT molecular complexity index is 499. The standard InChI is InChI=1S/C33H62O2/c1-5-7-9-11-13-15-16-17-18-19-20-21-22-24-26-28-30-33(34-31(3)32(4)35-33)29-27-25-23-14-12-10-8-6-2/h13,15,17-18,31-32H,5-12,14,16,19-30H2,1-4H3/b15-13-,18-17-. The van der Waals surface area contributed by atoms with Gasteiger partial charge in [0.25, 0.3) is 0 Å². The van der Waals surface area contributed by atoms with Crippen LogP contribution in [-0.4, -0.2) is 18.0 Å². The Hall–Kier alpha value is -0.600. The lowest BCUT2D eigenvalue weighted by Crippen LogP contribution is -2.31. The number of unbranched alkanes of at least 4 members (excludes halogenated alkanes) is 16. The van der Waals surface area contributed by atoms with Crippen molar-refractivity contribution in [3.63, 3.8) is 0 Å². The summed E-state index contributed by atoms with van der Waals surface area (Å²) < 4.78 is 12.8. The van der Waals surface area contributed by atoms with Gasteiger partial charge in [0.2, 0.25) is 0 Å². The predicted molar refractivity (Wildman–Crippen MR) is 155 cm³/mol. The molecule has 0 saturated carbocycles. The fourth-order valence-corrected chi connectivity index (χ4v) is 5.17. The molecule has 1 aliphatic rings. The van der Waals surface area contributed by atoms with Gasteiger partial charge in [-0.3, -0.25) is 0 Å². The lowest BCUT2D eigenvalue weighted by atomic mass is 9.98. The Labute approximate surface area is 220 Å². The Kier molecular flexibility index (Phi) is 20.9. The van der Waals surface area contributed by atoms with Gasteiger partial charge < -0.3 is 9.47 Å². The van der Waals surface area contributed by atoms with Crippen LogP contribution < -0.4 is 0 Å². The fraction of sp³-hybridized carbons (Fsp3) is 0.879. The summed E-state index contributed by atoms with van der Waals surface area (Å²) in [4.78, 5) is 0. The van der Waals surface area contributed by atoms with E-state index in [0.29, 0.717) is 0 Å². The quantitative estimate of drug-likeness (QED) is 0.0989. The van der Waals surface area contributed by atoms with E-state index in [-0.39, 0.29) is 18.0 Å². The molecule has 0 bridgehead atoms. The third-order valence-electron chi connectivity index (χ3n) is 7.63. The SMILES string of the molecule is CCCCC/C=C\C/C=C\CCCCCCCCC1(CCCCCCCCCC)OC(C)C(C)O1. The first kappa shape index (κ1) is 32.4. The summed E-state index contributed by atoms with van der Waals surface area (Å²) >= 11 is 0. The van der Waals surface area contributed by atoms with Gasteiger partial charge in [0.05, 0.1) is 12.2 Å². The summed E-state index contributed by atoms with van der Waals surface area (Å²) in [6, 6.07) is 0. The highest BCUT2D eigenvalue weighted by atomic mass is 16.8. The minimum absolute atomic E-state index is 0.230. The third-order valence-corrected chi connectivity index (χ3v) is 7.63. The van der Waals surface area contributed by atoms with Crippen LogP contribution in [0.25, 0.3) is 0 Å². The van der Waals surface area contributed by atoms with E-state index in [1.54, 1.807) is 0 Å². The van der Waals surface area contributed by atoms with E-state index in [1.807, 2.05) is 0 Å². The first-order valence-electron chi connectivity index (χ1n) is 15.8. The Morgan fingerprint density at radius 1 is 0.486 bits per heavy atom. The Morgan fingerprint density at radius 2 is 0.857 bits per heavy atom. The molecule has 2 atom stereocenters. The molecular formula is C33H62O2. The number of allylic oxidation sites excluding steroid dienone is 4. The molecule has 0 aromatic rings. The fourth-order valence-electron chi connectivity index (χ4n) is 5.17. The molecule has 0 aromatic heterocycles. The zero-order valence-electron chi connectivity index (χ0n) is 24.3. The molecule has 2 nitrogen and oxygen atoms in total. The molecule has 0 amide bonds. The van der Waals surface area contributed by atoms with Gasteiger partial charge in [-0.15, -0.1) is 0 Å². The first-order chi connectivity index (χ1) is 17.1. The summed E-state index contributed by atoms with van der Waals surface area (Å²) in [7, 11) is 0.